The van der Waals surface area contributed by atoms with Crippen LogP contribution in [-0.4, -0.2) is 25.8 Å². The maximum absolute atomic E-state index is 12.6. The lowest BCUT2D eigenvalue weighted by molar-refractivity contribution is 0.395. The van der Waals surface area contributed by atoms with Gasteiger partial charge in [0.2, 0.25) is 0 Å². The van der Waals surface area contributed by atoms with Crippen LogP contribution in [0.1, 0.15) is 12.5 Å². The number of hydrogen-bond donors (Lipinski definition) is 1. The summed E-state index contributed by atoms with van der Waals surface area (Å²) in [4.78, 5) is 12.6. The van der Waals surface area contributed by atoms with Crippen LogP contribution in [0.15, 0.2) is 35.1 Å². The molecule has 22 heavy (non-hydrogen) atoms. The van der Waals surface area contributed by atoms with Crippen molar-refractivity contribution < 1.29 is 9.47 Å². The number of benzene rings is 1. The molecule has 0 spiro atoms. The zero-order chi connectivity index (χ0) is 16.1. The van der Waals surface area contributed by atoms with Gasteiger partial charge >= 0.3 is 0 Å². The summed E-state index contributed by atoms with van der Waals surface area (Å²) in [6.45, 7) is 3.11. The topological polar surface area (TPSA) is 52.5 Å². The summed E-state index contributed by atoms with van der Waals surface area (Å²) in [5.41, 5.74) is 2.48. The second kappa shape index (κ2) is 7.13. The van der Waals surface area contributed by atoms with E-state index in [0.29, 0.717) is 18.8 Å². The Bertz CT molecular complexity index is 708. The van der Waals surface area contributed by atoms with E-state index in [-0.39, 0.29) is 5.56 Å². The van der Waals surface area contributed by atoms with Gasteiger partial charge in [-0.3, -0.25) is 4.79 Å². The molecular weight excluding hydrogens is 280 g/mol. The Kier molecular flexibility index (Phi) is 5.22. The highest BCUT2D eigenvalue weighted by Crippen LogP contribution is 2.32. The molecule has 2 rings (SSSR count). The van der Waals surface area contributed by atoms with Crippen molar-refractivity contribution in [2.24, 2.45) is 0 Å². The van der Waals surface area contributed by atoms with Gasteiger partial charge in [0, 0.05) is 30.3 Å². The van der Waals surface area contributed by atoms with Gasteiger partial charge in [-0.05, 0) is 32.2 Å². The quantitative estimate of drug-likeness (QED) is 0.889. The normalized spacial score (nSPS) is 10.5. The lowest BCUT2D eigenvalue weighted by atomic mass is 10.1. The molecule has 0 amide bonds. The zero-order valence-corrected chi connectivity index (χ0v) is 13.5. The highest BCUT2D eigenvalue weighted by Gasteiger charge is 2.13. The number of ether oxygens (including phenoxy) is 2. The highest BCUT2D eigenvalue weighted by atomic mass is 16.5. The molecule has 1 aromatic carbocycles. The Morgan fingerprint density at radius 1 is 1.14 bits per heavy atom. The van der Waals surface area contributed by atoms with E-state index >= 15 is 0 Å². The van der Waals surface area contributed by atoms with E-state index in [4.69, 9.17) is 9.47 Å². The van der Waals surface area contributed by atoms with Crippen LogP contribution in [0.5, 0.6) is 11.5 Å². The first-order valence-electron chi connectivity index (χ1n) is 7.26. The smallest absolute Gasteiger partial charge is 0.255 e. The van der Waals surface area contributed by atoms with Gasteiger partial charge in [-0.2, -0.15) is 0 Å². The first kappa shape index (κ1) is 16.1. The van der Waals surface area contributed by atoms with Crippen LogP contribution in [0.25, 0.3) is 11.3 Å². The summed E-state index contributed by atoms with van der Waals surface area (Å²) in [5, 5.41) is 3.02. The van der Waals surface area contributed by atoms with E-state index in [1.807, 2.05) is 44.3 Å². The Hall–Kier alpha value is -2.27. The number of nitrogens with one attached hydrogen (secondary N) is 1. The molecule has 0 unspecified atom stereocenters. The van der Waals surface area contributed by atoms with Crippen molar-refractivity contribution in [3.63, 3.8) is 0 Å². The predicted octanol–water partition coefficient (Wildman–Crippen LogP) is 2.27. The van der Waals surface area contributed by atoms with Gasteiger partial charge in [0.1, 0.15) is 11.5 Å². The van der Waals surface area contributed by atoms with Gasteiger partial charge in [0.15, 0.2) is 0 Å². The van der Waals surface area contributed by atoms with Crippen molar-refractivity contribution in [2.45, 2.75) is 20.0 Å². The Morgan fingerprint density at radius 3 is 2.50 bits per heavy atom. The van der Waals surface area contributed by atoms with Crippen molar-refractivity contribution >= 4 is 0 Å². The lowest BCUT2D eigenvalue weighted by Crippen LogP contribution is -2.26. The summed E-state index contributed by atoms with van der Waals surface area (Å²) >= 11 is 0. The summed E-state index contributed by atoms with van der Waals surface area (Å²) < 4.78 is 12.4. The van der Waals surface area contributed by atoms with Gasteiger partial charge < -0.3 is 19.4 Å². The third kappa shape index (κ3) is 2.99. The summed E-state index contributed by atoms with van der Waals surface area (Å²) in [5.74, 6) is 1.40. The van der Waals surface area contributed by atoms with Crippen LogP contribution >= 0.6 is 0 Å². The van der Waals surface area contributed by atoms with E-state index in [9.17, 15) is 4.79 Å². The SMILES string of the molecule is CCn1c(-c2ccc(OC)cc2OC)ccc(CNC)c1=O. The minimum atomic E-state index is 0.0206. The molecule has 0 fully saturated rings. The zero-order valence-electron chi connectivity index (χ0n) is 13.5. The molecule has 0 saturated carbocycles. The third-order valence-corrected chi connectivity index (χ3v) is 3.62. The predicted molar refractivity (Wildman–Crippen MR) is 87.7 cm³/mol. The van der Waals surface area contributed by atoms with Gasteiger partial charge in [-0.25, -0.2) is 0 Å². The number of rotatable bonds is 6. The minimum absolute atomic E-state index is 0.0206. The van der Waals surface area contributed by atoms with Crippen LogP contribution in [0.4, 0.5) is 0 Å². The van der Waals surface area contributed by atoms with E-state index in [1.165, 1.54) is 0 Å². The van der Waals surface area contributed by atoms with E-state index in [1.54, 1.807) is 18.8 Å². The molecule has 1 N–H and O–H groups in total. The van der Waals surface area contributed by atoms with Crippen molar-refractivity contribution in [2.75, 3.05) is 21.3 Å². The first-order valence-corrected chi connectivity index (χ1v) is 7.26. The van der Waals surface area contributed by atoms with Crippen LogP contribution in [-0.2, 0) is 13.1 Å². The molecule has 0 aliphatic carbocycles. The number of pyridine rings is 1. The van der Waals surface area contributed by atoms with Crippen molar-refractivity contribution in [3.05, 3.63) is 46.2 Å². The maximum atomic E-state index is 12.6. The summed E-state index contributed by atoms with van der Waals surface area (Å²) in [6, 6.07) is 9.42. The molecule has 1 aromatic heterocycles. The number of nitrogens with zero attached hydrogens (tertiary/aromatic N) is 1. The van der Waals surface area contributed by atoms with Crippen LogP contribution in [0.2, 0.25) is 0 Å². The van der Waals surface area contributed by atoms with Gasteiger partial charge in [-0.1, -0.05) is 6.07 Å². The van der Waals surface area contributed by atoms with E-state index in [2.05, 4.69) is 5.32 Å². The van der Waals surface area contributed by atoms with E-state index in [0.717, 1.165) is 22.6 Å². The monoisotopic (exact) mass is 302 g/mol. The molecule has 0 saturated heterocycles. The molecule has 5 nitrogen and oxygen atoms in total. The molecular formula is C17H22N2O3. The Labute approximate surface area is 130 Å². The summed E-state index contributed by atoms with van der Waals surface area (Å²) in [7, 11) is 5.06. The molecule has 0 aliphatic rings. The average Bonchev–Trinajstić information content (AvgIpc) is 2.56. The van der Waals surface area contributed by atoms with Crippen LogP contribution < -0.4 is 20.3 Å². The molecule has 0 radical (unpaired) electrons. The molecule has 118 valence electrons. The Morgan fingerprint density at radius 2 is 1.91 bits per heavy atom. The largest absolute Gasteiger partial charge is 0.497 e. The minimum Gasteiger partial charge on any atom is -0.497 e. The fourth-order valence-corrected chi connectivity index (χ4v) is 2.51. The lowest BCUT2D eigenvalue weighted by Gasteiger charge is -2.16. The maximum Gasteiger partial charge on any atom is 0.255 e. The number of methoxy groups -OCH3 is 2. The number of aromatic nitrogens is 1. The van der Waals surface area contributed by atoms with Crippen LogP contribution in [0.3, 0.4) is 0 Å². The molecule has 0 bridgehead atoms. The van der Waals surface area contributed by atoms with E-state index < -0.39 is 0 Å². The second-order valence-corrected chi connectivity index (χ2v) is 4.89. The third-order valence-electron chi connectivity index (χ3n) is 3.62. The second-order valence-electron chi connectivity index (χ2n) is 4.89. The van der Waals surface area contributed by atoms with Crippen molar-refractivity contribution in [1.82, 2.24) is 9.88 Å². The fourth-order valence-electron chi connectivity index (χ4n) is 2.51. The van der Waals surface area contributed by atoms with Gasteiger partial charge in [0.25, 0.3) is 5.56 Å². The van der Waals surface area contributed by atoms with Crippen LogP contribution in [0, 0.1) is 0 Å². The first-order chi connectivity index (χ1) is 10.7. The number of hydrogen-bond acceptors (Lipinski definition) is 4. The molecule has 0 aliphatic heterocycles. The summed E-state index contributed by atoms with van der Waals surface area (Å²) in [6.07, 6.45) is 0. The molecule has 5 heteroatoms. The molecule has 1 heterocycles. The standard InChI is InChI=1S/C17H22N2O3/c1-5-19-15(9-6-12(11-18-2)17(19)20)14-8-7-13(21-3)10-16(14)22-4/h6-10,18H,5,11H2,1-4H3. The van der Waals surface area contributed by atoms with Gasteiger partial charge in [-0.15, -0.1) is 0 Å². The fraction of sp³-hybridized carbons (Fsp3) is 0.353. The highest BCUT2D eigenvalue weighted by molar-refractivity contribution is 5.69. The van der Waals surface area contributed by atoms with Gasteiger partial charge in [0.05, 0.1) is 19.9 Å². The molecule has 2 aromatic rings. The van der Waals surface area contributed by atoms with Crippen molar-refractivity contribution in [1.29, 1.82) is 0 Å². The Balaban J connectivity index is 2.62. The van der Waals surface area contributed by atoms with Crippen molar-refractivity contribution in [3.8, 4) is 22.8 Å². The molecule has 0 atom stereocenters. The average molecular weight is 302 g/mol.